The maximum absolute atomic E-state index is 5.60. The lowest BCUT2D eigenvalue weighted by Gasteiger charge is -2.32. The second-order valence-corrected chi connectivity index (χ2v) is 8.11. The normalized spacial score (nSPS) is 15.7. The minimum atomic E-state index is 0.379. The lowest BCUT2D eigenvalue weighted by molar-refractivity contribution is -0.934. The quantitative estimate of drug-likeness (QED) is 0.652. The van der Waals surface area contributed by atoms with Crippen molar-refractivity contribution in [2.24, 2.45) is 0 Å². The third kappa shape index (κ3) is 5.46. The second-order valence-electron chi connectivity index (χ2n) is 7.70. The van der Waals surface area contributed by atoms with E-state index in [2.05, 4.69) is 66.9 Å². The van der Waals surface area contributed by atoms with Crippen LogP contribution in [0.1, 0.15) is 42.0 Å². The van der Waals surface area contributed by atoms with Gasteiger partial charge >= 0.3 is 0 Å². The SMILES string of the molecule is COc1ccc([C@@H](CNC(=S)Nc2cc(C)ccc2C)[NH+]2CCCCC2)cc1. The van der Waals surface area contributed by atoms with Gasteiger partial charge in [-0.05, 0) is 86.8 Å². The summed E-state index contributed by atoms with van der Waals surface area (Å²) in [4.78, 5) is 1.64. The van der Waals surface area contributed by atoms with E-state index in [0.29, 0.717) is 11.2 Å². The molecule has 1 saturated heterocycles. The van der Waals surface area contributed by atoms with Gasteiger partial charge in [0.25, 0.3) is 0 Å². The van der Waals surface area contributed by atoms with Crippen molar-refractivity contribution in [2.75, 3.05) is 32.1 Å². The average Bonchev–Trinajstić information content (AvgIpc) is 2.72. The molecule has 1 aliphatic rings. The van der Waals surface area contributed by atoms with Crippen LogP contribution in [-0.2, 0) is 0 Å². The number of anilines is 1. The second kappa shape index (κ2) is 9.89. The standard InChI is InChI=1S/C23H31N3OS/c1-17-7-8-18(2)21(15-17)25-23(28)24-16-22(26-13-5-4-6-14-26)19-9-11-20(27-3)12-10-19/h7-12,15,22H,4-6,13-14,16H2,1-3H3,(H2,24,25,28)/p+1/t22-/m1/s1. The van der Waals surface area contributed by atoms with E-state index in [9.17, 15) is 0 Å². The molecule has 0 amide bonds. The summed E-state index contributed by atoms with van der Waals surface area (Å²) in [7, 11) is 1.71. The summed E-state index contributed by atoms with van der Waals surface area (Å²) in [6.45, 7) is 7.45. The molecule has 0 unspecified atom stereocenters. The lowest BCUT2D eigenvalue weighted by Crippen LogP contribution is -3.13. The summed E-state index contributed by atoms with van der Waals surface area (Å²) in [5.41, 5.74) is 4.83. The third-order valence-corrected chi connectivity index (χ3v) is 5.86. The van der Waals surface area contributed by atoms with Gasteiger partial charge in [-0.25, -0.2) is 0 Å². The van der Waals surface area contributed by atoms with Crippen molar-refractivity contribution >= 4 is 23.0 Å². The summed E-state index contributed by atoms with van der Waals surface area (Å²) in [6.07, 6.45) is 3.94. The Morgan fingerprint density at radius 2 is 1.79 bits per heavy atom. The fraction of sp³-hybridized carbons (Fsp3) is 0.435. The Bertz CT molecular complexity index is 785. The van der Waals surface area contributed by atoms with Crippen LogP contribution in [0.4, 0.5) is 5.69 Å². The Morgan fingerprint density at radius 1 is 1.07 bits per heavy atom. The molecule has 1 aliphatic heterocycles. The van der Waals surface area contributed by atoms with Crippen LogP contribution in [0.2, 0.25) is 0 Å². The first-order chi connectivity index (χ1) is 13.6. The van der Waals surface area contributed by atoms with Crippen LogP contribution in [0.5, 0.6) is 5.75 Å². The zero-order valence-electron chi connectivity index (χ0n) is 17.2. The van der Waals surface area contributed by atoms with Crippen molar-refractivity contribution in [3.63, 3.8) is 0 Å². The summed E-state index contributed by atoms with van der Waals surface area (Å²) in [5, 5.41) is 7.52. The molecule has 1 atom stereocenters. The van der Waals surface area contributed by atoms with Gasteiger partial charge in [-0.1, -0.05) is 12.1 Å². The van der Waals surface area contributed by atoms with Crippen LogP contribution in [-0.4, -0.2) is 31.9 Å². The van der Waals surface area contributed by atoms with E-state index < -0.39 is 0 Å². The highest BCUT2D eigenvalue weighted by Gasteiger charge is 2.26. The average molecular weight is 399 g/mol. The van der Waals surface area contributed by atoms with Crippen molar-refractivity contribution in [1.29, 1.82) is 0 Å². The van der Waals surface area contributed by atoms with E-state index >= 15 is 0 Å². The molecule has 0 bridgehead atoms. The molecule has 3 rings (SSSR count). The number of benzene rings is 2. The summed E-state index contributed by atoms with van der Waals surface area (Å²) in [6, 6.07) is 15.2. The molecule has 1 heterocycles. The van der Waals surface area contributed by atoms with Gasteiger partial charge in [0.05, 0.1) is 26.7 Å². The molecule has 150 valence electrons. The Kier molecular flexibility index (Phi) is 7.29. The van der Waals surface area contributed by atoms with Crippen molar-refractivity contribution in [2.45, 2.75) is 39.2 Å². The predicted octanol–water partition coefficient (Wildman–Crippen LogP) is 3.41. The minimum absolute atomic E-state index is 0.379. The van der Waals surface area contributed by atoms with Gasteiger partial charge in [0, 0.05) is 11.3 Å². The fourth-order valence-corrected chi connectivity index (χ4v) is 4.11. The highest BCUT2D eigenvalue weighted by Crippen LogP contribution is 2.18. The van der Waals surface area contributed by atoms with Gasteiger partial charge in [-0.2, -0.15) is 0 Å². The Balaban J connectivity index is 1.68. The molecular formula is C23H32N3OS+. The molecule has 0 radical (unpaired) electrons. The van der Waals surface area contributed by atoms with Gasteiger partial charge < -0.3 is 20.3 Å². The number of piperidine rings is 1. The Morgan fingerprint density at radius 3 is 2.46 bits per heavy atom. The van der Waals surface area contributed by atoms with Gasteiger partial charge in [-0.15, -0.1) is 0 Å². The number of hydrogen-bond donors (Lipinski definition) is 3. The van der Waals surface area contributed by atoms with E-state index in [1.54, 1.807) is 12.0 Å². The molecule has 0 spiro atoms. The highest BCUT2D eigenvalue weighted by molar-refractivity contribution is 7.80. The maximum Gasteiger partial charge on any atom is 0.171 e. The number of rotatable bonds is 6. The number of ether oxygens (including phenoxy) is 1. The number of quaternary nitrogens is 1. The van der Waals surface area contributed by atoms with Crippen LogP contribution < -0.4 is 20.3 Å². The van der Waals surface area contributed by atoms with Crippen LogP contribution in [0.3, 0.4) is 0 Å². The molecule has 0 saturated carbocycles. The number of hydrogen-bond acceptors (Lipinski definition) is 2. The maximum atomic E-state index is 5.60. The van der Waals surface area contributed by atoms with Crippen molar-refractivity contribution in [3.05, 3.63) is 59.2 Å². The van der Waals surface area contributed by atoms with Crippen molar-refractivity contribution in [3.8, 4) is 5.75 Å². The fourth-order valence-electron chi connectivity index (χ4n) is 3.92. The monoisotopic (exact) mass is 398 g/mol. The van der Waals surface area contributed by atoms with Crippen LogP contribution >= 0.6 is 12.2 Å². The first-order valence-corrected chi connectivity index (χ1v) is 10.6. The van der Waals surface area contributed by atoms with Gasteiger partial charge in [0.1, 0.15) is 11.8 Å². The molecule has 2 aromatic carbocycles. The number of aryl methyl sites for hydroxylation is 2. The zero-order valence-corrected chi connectivity index (χ0v) is 18.0. The molecule has 2 aromatic rings. The van der Waals surface area contributed by atoms with E-state index in [4.69, 9.17) is 17.0 Å². The van der Waals surface area contributed by atoms with Gasteiger partial charge in [0.15, 0.2) is 5.11 Å². The molecule has 0 aromatic heterocycles. The zero-order chi connectivity index (χ0) is 19.9. The van der Waals surface area contributed by atoms with E-state index in [0.717, 1.165) is 18.0 Å². The molecular weight excluding hydrogens is 366 g/mol. The smallest absolute Gasteiger partial charge is 0.171 e. The first-order valence-electron chi connectivity index (χ1n) is 10.2. The summed E-state index contributed by atoms with van der Waals surface area (Å²) < 4.78 is 5.33. The lowest BCUT2D eigenvalue weighted by atomic mass is 10.0. The number of methoxy groups -OCH3 is 1. The minimum Gasteiger partial charge on any atom is -0.497 e. The van der Waals surface area contributed by atoms with E-state index in [-0.39, 0.29) is 0 Å². The molecule has 4 nitrogen and oxygen atoms in total. The topological polar surface area (TPSA) is 37.7 Å². The summed E-state index contributed by atoms with van der Waals surface area (Å²) >= 11 is 5.60. The molecule has 0 aliphatic carbocycles. The van der Waals surface area contributed by atoms with E-state index in [1.807, 2.05) is 0 Å². The van der Waals surface area contributed by atoms with Gasteiger partial charge in [-0.3, -0.25) is 0 Å². The highest BCUT2D eigenvalue weighted by atomic mass is 32.1. The number of thiocarbonyl (C=S) groups is 1. The van der Waals surface area contributed by atoms with Crippen molar-refractivity contribution < 1.29 is 9.64 Å². The molecule has 5 heteroatoms. The molecule has 1 fully saturated rings. The largest absolute Gasteiger partial charge is 0.497 e. The number of likely N-dealkylation sites (tertiary alicyclic amines) is 1. The molecule has 3 N–H and O–H groups in total. The summed E-state index contributed by atoms with van der Waals surface area (Å²) in [5.74, 6) is 0.899. The number of nitrogens with one attached hydrogen (secondary N) is 3. The Hall–Kier alpha value is -2.11. The van der Waals surface area contributed by atoms with Crippen LogP contribution in [0.25, 0.3) is 0 Å². The van der Waals surface area contributed by atoms with Crippen LogP contribution in [0.15, 0.2) is 42.5 Å². The van der Waals surface area contributed by atoms with Crippen molar-refractivity contribution in [1.82, 2.24) is 5.32 Å². The van der Waals surface area contributed by atoms with E-state index in [1.165, 1.54) is 49.0 Å². The predicted molar refractivity (Wildman–Crippen MR) is 120 cm³/mol. The van der Waals surface area contributed by atoms with Gasteiger partial charge in [0.2, 0.25) is 0 Å². The third-order valence-electron chi connectivity index (χ3n) is 5.61. The first kappa shape index (κ1) is 20.6. The Labute approximate surface area is 174 Å². The van der Waals surface area contributed by atoms with Crippen LogP contribution in [0, 0.1) is 13.8 Å². The molecule has 28 heavy (non-hydrogen) atoms.